The van der Waals surface area contributed by atoms with Crippen molar-refractivity contribution in [1.82, 2.24) is 20.9 Å². The highest BCUT2D eigenvalue weighted by Gasteiger charge is 2.25. The number of guanidine groups is 1. The van der Waals surface area contributed by atoms with Gasteiger partial charge in [0.2, 0.25) is 5.91 Å². The molecule has 7 heteroatoms. The molecule has 1 atom stereocenters. The molecular weight excluding hydrogens is 366 g/mol. The van der Waals surface area contributed by atoms with Crippen molar-refractivity contribution >= 4 is 11.9 Å². The quantitative estimate of drug-likeness (QED) is 0.390. The lowest BCUT2D eigenvalue weighted by Crippen LogP contribution is -2.40. The molecule has 3 N–H and O–H groups in total. The average molecular weight is 404 g/mol. The molecule has 0 spiro atoms. The molecule has 1 fully saturated rings. The van der Waals surface area contributed by atoms with Crippen molar-refractivity contribution in [2.45, 2.75) is 45.6 Å². The molecule has 0 radical (unpaired) electrons. The molecule has 0 saturated carbocycles. The van der Waals surface area contributed by atoms with Crippen LogP contribution in [0.5, 0.6) is 5.75 Å². The molecular formula is C22H37N5O2. The first-order chi connectivity index (χ1) is 14.2. The van der Waals surface area contributed by atoms with Crippen molar-refractivity contribution in [2.75, 3.05) is 46.4 Å². The van der Waals surface area contributed by atoms with E-state index in [0.29, 0.717) is 19.5 Å². The van der Waals surface area contributed by atoms with E-state index in [1.807, 2.05) is 26.0 Å². The first-order valence-electron chi connectivity index (χ1n) is 10.8. The topological polar surface area (TPSA) is 78.0 Å². The van der Waals surface area contributed by atoms with E-state index in [1.165, 1.54) is 18.4 Å². The zero-order valence-corrected chi connectivity index (χ0v) is 18.2. The third-order valence-electron chi connectivity index (χ3n) is 5.06. The minimum Gasteiger partial charge on any atom is -0.496 e. The van der Waals surface area contributed by atoms with Crippen LogP contribution in [0.3, 0.4) is 0 Å². The Morgan fingerprint density at radius 2 is 1.90 bits per heavy atom. The number of hydrogen-bond donors (Lipinski definition) is 3. The lowest BCUT2D eigenvalue weighted by atomic mass is 10.0. The van der Waals surface area contributed by atoms with Crippen LogP contribution in [0.25, 0.3) is 0 Å². The number of nitrogens with one attached hydrogen (secondary N) is 3. The summed E-state index contributed by atoms with van der Waals surface area (Å²) in [6, 6.07) is 8.39. The molecule has 0 bridgehead atoms. The van der Waals surface area contributed by atoms with Crippen molar-refractivity contribution in [1.29, 1.82) is 0 Å². The summed E-state index contributed by atoms with van der Waals surface area (Å²) in [5, 5.41) is 9.47. The molecule has 29 heavy (non-hydrogen) atoms. The van der Waals surface area contributed by atoms with Gasteiger partial charge in [-0.3, -0.25) is 14.7 Å². The van der Waals surface area contributed by atoms with Gasteiger partial charge in [-0.15, -0.1) is 0 Å². The Morgan fingerprint density at radius 3 is 2.59 bits per heavy atom. The van der Waals surface area contributed by atoms with Gasteiger partial charge in [0, 0.05) is 31.6 Å². The van der Waals surface area contributed by atoms with Gasteiger partial charge >= 0.3 is 0 Å². The maximum Gasteiger partial charge on any atom is 0.221 e. The first kappa shape index (κ1) is 23.0. The van der Waals surface area contributed by atoms with Gasteiger partial charge in [0.05, 0.1) is 19.7 Å². The second-order valence-corrected chi connectivity index (χ2v) is 7.25. The number of carbonyl (C=O) groups is 1. The van der Waals surface area contributed by atoms with Gasteiger partial charge in [-0.25, -0.2) is 0 Å². The second kappa shape index (κ2) is 13.0. The van der Waals surface area contributed by atoms with Gasteiger partial charge in [-0.1, -0.05) is 25.1 Å². The largest absolute Gasteiger partial charge is 0.496 e. The number of benzene rings is 1. The highest BCUT2D eigenvalue weighted by atomic mass is 16.5. The predicted molar refractivity (Wildman–Crippen MR) is 118 cm³/mol. The zero-order chi connectivity index (χ0) is 20.9. The number of carbonyl (C=O) groups excluding carboxylic acids is 1. The molecule has 1 saturated heterocycles. The lowest BCUT2D eigenvalue weighted by molar-refractivity contribution is -0.120. The normalized spacial score (nSPS) is 15.8. The fourth-order valence-electron chi connectivity index (χ4n) is 3.57. The van der Waals surface area contributed by atoms with Crippen molar-refractivity contribution in [2.24, 2.45) is 4.99 Å². The van der Waals surface area contributed by atoms with E-state index in [4.69, 9.17) is 9.73 Å². The van der Waals surface area contributed by atoms with Crippen LogP contribution in [-0.2, 0) is 4.79 Å². The van der Waals surface area contributed by atoms with E-state index in [0.717, 1.165) is 44.3 Å². The maximum absolute atomic E-state index is 11.8. The fraction of sp³-hybridized carbons (Fsp3) is 0.636. The Kier molecular flexibility index (Phi) is 10.3. The highest BCUT2D eigenvalue weighted by molar-refractivity contribution is 5.81. The number of aliphatic imine (C=N–C) groups is 1. The van der Waals surface area contributed by atoms with Gasteiger partial charge in [0.1, 0.15) is 5.75 Å². The number of amides is 1. The number of methoxy groups -OCH3 is 1. The van der Waals surface area contributed by atoms with Gasteiger partial charge < -0.3 is 20.7 Å². The summed E-state index contributed by atoms with van der Waals surface area (Å²) in [6.07, 6.45) is 3.83. The van der Waals surface area contributed by atoms with Crippen molar-refractivity contribution in [3.63, 3.8) is 0 Å². The fourth-order valence-corrected chi connectivity index (χ4v) is 3.57. The number of nitrogens with zero attached hydrogens (tertiary/aromatic N) is 2. The van der Waals surface area contributed by atoms with Crippen molar-refractivity contribution in [3.05, 3.63) is 29.8 Å². The molecule has 0 aromatic heterocycles. The standard InChI is InChI=1S/C22H37N5O2/c1-4-13-24-21(28)12-14-25-22(23-5-2)26-17-19(27-15-8-9-16-27)18-10-6-7-11-20(18)29-3/h6-7,10-11,19H,4-5,8-9,12-17H2,1-3H3,(H,24,28)(H2,23,25,26). The summed E-state index contributed by atoms with van der Waals surface area (Å²) in [5.41, 5.74) is 1.18. The first-order valence-corrected chi connectivity index (χ1v) is 10.8. The minimum absolute atomic E-state index is 0.0687. The van der Waals surface area contributed by atoms with E-state index in [-0.39, 0.29) is 11.9 Å². The zero-order valence-electron chi connectivity index (χ0n) is 18.2. The number of para-hydroxylation sites is 1. The van der Waals surface area contributed by atoms with Gasteiger partial charge in [-0.2, -0.15) is 0 Å². The molecule has 1 aliphatic rings. The second-order valence-electron chi connectivity index (χ2n) is 7.25. The summed E-state index contributed by atoms with van der Waals surface area (Å²) in [5.74, 6) is 1.72. The van der Waals surface area contributed by atoms with Crippen LogP contribution in [0.2, 0.25) is 0 Å². The summed E-state index contributed by atoms with van der Waals surface area (Å²) >= 11 is 0. The number of ether oxygens (including phenoxy) is 1. The Balaban J connectivity index is 2.04. The molecule has 2 rings (SSSR count). The summed E-state index contributed by atoms with van der Waals surface area (Å²) < 4.78 is 5.61. The van der Waals surface area contributed by atoms with Crippen LogP contribution < -0.4 is 20.7 Å². The van der Waals surface area contributed by atoms with Crippen LogP contribution >= 0.6 is 0 Å². The van der Waals surface area contributed by atoms with Gasteiger partial charge in [-0.05, 0) is 45.3 Å². The third kappa shape index (κ3) is 7.57. The monoisotopic (exact) mass is 403 g/mol. The van der Waals surface area contributed by atoms with Crippen LogP contribution in [0.15, 0.2) is 29.3 Å². The molecule has 0 aliphatic carbocycles. The summed E-state index contributed by atoms with van der Waals surface area (Å²) in [4.78, 5) is 19.1. The van der Waals surface area contributed by atoms with E-state index in [2.05, 4.69) is 33.0 Å². The summed E-state index contributed by atoms with van der Waals surface area (Å²) in [6.45, 7) is 8.96. The number of hydrogen-bond acceptors (Lipinski definition) is 4. The summed E-state index contributed by atoms with van der Waals surface area (Å²) in [7, 11) is 1.72. The van der Waals surface area contributed by atoms with Crippen molar-refractivity contribution in [3.8, 4) is 5.75 Å². The molecule has 1 aromatic carbocycles. The van der Waals surface area contributed by atoms with E-state index in [1.54, 1.807) is 7.11 Å². The molecule has 1 aromatic rings. The average Bonchev–Trinajstić information content (AvgIpc) is 3.27. The van der Waals surface area contributed by atoms with Crippen LogP contribution in [0, 0.1) is 0 Å². The maximum atomic E-state index is 11.8. The van der Waals surface area contributed by atoms with Gasteiger partial charge in [0.25, 0.3) is 0 Å². The van der Waals surface area contributed by atoms with Crippen LogP contribution in [0.1, 0.15) is 51.1 Å². The van der Waals surface area contributed by atoms with Gasteiger partial charge in [0.15, 0.2) is 5.96 Å². The molecule has 162 valence electrons. The Labute approximate surface area is 175 Å². The third-order valence-corrected chi connectivity index (χ3v) is 5.06. The Hall–Kier alpha value is -2.28. The Bertz CT molecular complexity index is 644. The highest BCUT2D eigenvalue weighted by Crippen LogP contribution is 2.31. The smallest absolute Gasteiger partial charge is 0.221 e. The molecule has 7 nitrogen and oxygen atoms in total. The number of likely N-dealkylation sites (tertiary alicyclic amines) is 1. The SMILES string of the molecule is CCCNC(=O)CCNC(=NCC(c1ccccc1OC)N1CCCC1)NCC. The molecule has 1 aliphatic heterocycles. The molecule has 1 unspecified atom stereocenters. The molecule has 1 amide bonds. The minimum atomic E-state index is 0.0687. The number of rotatable bonds is 11. The van der Waals surface area contributed by atoms with E-state index < -0.39 is 0 Å². The van der Waals surface area contributed by atoms with E-state index >= 15 is 0 Å². The lowest BCUT2D eigenvalue weighted by Gasteiger charge is -2.28. The molecule has 1 heterocycles. The van der Waals surface area contributed by atoms with Crippen LogP contribution in [0.4, 0.5) is 0 Å². The van der Waals surface area contributed by atoms with Crippen LogP contribution in [-0.4, -0.2) is 63.1 Å². The van der Waals surface area contributed by atoms with Crippen molar-refractivity contribution < 1.29 is 9.53 Å². The Morgan fingerprint density at radius 1 is 1.14 bits per heavy atom. The van der Waals surface area contributed by atoms with E-state index in [9.17, 15) is 4.79 Å². The predicted octanol–water partition coefficient (Wildman–Crippen LogP) is 2.30.